The van der Waals surface area contributed by atoms with Crippen molar-refractivity contribution in [2.24, 2.45) is 0 Å². The van der Waals surface area contributed by atoms with Crippen LogP contribution < -0.4 is 5.32 Å². The zero-order chi connectivity index (χ0) is 14.5. The average molecular weight is 276 g/mol. The normalized spacial score (nSPS) is 13.8. The molecule has 108 valence electrons. The van der Waals surface area contributed by atoms with Crippen LogP contribution in [0.15, 0.2) is 18.5 Å². The Morgan fingerprint density at radius 1 is 1.37 bits per heavy atom. The molecule has 0 aliphatic heterocycles. The van der Waals surface area contributed by atoms with Crippen molar-refractivity contribution in [3.05, 3.63) is 29.6 Å². The van der Waals surface area contributed by atoms with E-state index in [-0.39, 0.29) is 18.3 Å². The second-order valence-corrected chi connectivity index (χ2v) is 4.45. The van der Waals surface area contributed by atoms with Crippen LogP contribution in [0.4, 0.5) is 13.2 Å². The highest BCUT2D eigenvalue weighted by Gasteiger charge is 2.35. The van der Waals surface area contributed by atoms with Crippen molar-refractivity contribution >= 4 is 0 Å². The largest absolute Gasteiger partial charge is 0.416 e. The van der Waals surface area contributed by atoms with Crippen LogP contribution in [0.2, 0.25) is 0 Å². The van der Waals surface area contributed by atoms with E-state index in [0.717, 1.165) is 12.3 Å². The Morgan fingerprint density at radius 2 is 2.05 bits per heavy atom. The molecule has 1 aromatic rings. The SMILES string of the molecule is CCNC(COC(C)C)c1cnccc1C(F)(F)F. The van der Waals surface area contributed by atoms with Crippen LogP contribution in [-0.4, -0.2) is 24.2 Å². The summed E-state index contributed by atoms with van der Waals surface area (Å²) in [5.74, 6) is 0. The molecule has 3 nitrogen and oxygen atoms in total. The van der Waals surface area contributed by atoms with E-state index in [1.807, 2.05) is 20.8 Å². The van der Waals surface area contributed by atoms with Gasteiger partial charge in [-0.05, 0) is 26.5 Å². The number of nitrogens with one attached hydrogen (secondary N) is 1. The van der Waals surface area contributed by atoms with Gasteiger partial charge in [0.1, 0.15) is 0 Å². The number of rotatable bonds is 6. The van der Waals surface area contributed by atoms with Gasteiger partial charge in [0, 0.05) is 18.0 Å². The second-order valence-electron chi connectivity index (χ2n) is 4.45. The molecule has 0 spiro atoms. The highest BCUT2D eigenvalue weighted by atomic mass is 19.4. The van der Waals surface area contributed by atoms with Crippen molar-refractivity contribution < 1.29 is 17.9 Å². The molecule has 0 amide bonds. The first-order chi connectivity index (χ1) is 8.86. The minimum atomic E-state index is -4.39. The second kappa shape index (κ2) is 6.86. The minimum Gasteiger partial charge on any atom is -0.377 e. The first-order valence-corrected chi connectivity index (χ1v) is 6.22. The van der Waals surface area contributed by atoms with E-state index in [9.17, 15) is 13.2 Å². The topological polar surface area (TPSA) is 34.1 Å². The maximum Gasteiger partial charge on any atom is 0.416 e. The monoisotopic (exact) mass is 276 g/mol. The van der Waals surface area contributed by atoms with E-state index in [4.69, 9.17) is 4.74 Å². The molecule has 1 rings (SSSR count). The van der Waals surface area contributed by atoms with E-state index >= 15 is 0 Å². The Labute approximate surface area is 111 Å². The molecule has 1 unspecified atom stereocenters. The summed E-state index contributed by atoms with van der Waals surface area (Å²) in [6.45, 7) is 6.26. The van der Waals surface area contributed by atoms with Crippen LogP contribution in [0.1, 0.15) is 37.9 Å². The van der Waals surface area contributed by atoms with Crippen molar-refractivity contribution in [2.45, 2.75) is 39.1 Å². The predicted octanol–water partition coefficient (Wildman–Crippen LogP) is 3.18. The maximum atomic E-state index is 13.0. The molecular weight excluding hydrogens is 257 g/mol. The van der Waals surface area contributed by atoms with E-state index in [1.165, 1.54) is 6.20 Å². The van der Waals surface area contributed by atoms with Gasteiger partial charge in [0.05, 0.1) is 24.3 Å². The number of halogens is 3. The van der Waals surface area contributed by atoms with Crippen molar-refractivity contribution in [2.75, 3.05) is 13.2 Å². The third-order valence-electron chi connectivity index (χ3n) is 2.58. The number of likely N-dealkylation sites (N-methyl/N-ethyl adjacent to an activating group) is 1. The summed E-state index contributed by atoms with van der Waals surface area (Å²) in [6.07, 6.45) is -2.02. The zero-order valence-electron chi connectivity index (χ0n) is 11.3. The average Bonchev–Trinajstić information content (AvgIpc) is 2.33. The lowest BCUT2D eigenvalue weighted by molar-refractivity contribution is -0.138. The summed E-state index contributed by atoms with van der Waals surface area (Å²) in [5, 5.41) is 3.00. The summed E-state index contributed by atoms with van der Waals surface area (Å²) < 4.78 is 44.3. The first kappa shape index (κ1) is 15.9. The fourth-order valence-corrected chi connectivity index (χ4v) is 1.74. The van der Waals surface area contributed by atoms with Gasteiger partial charge in [-0.15, -0.1) is 0 Å². The highest BCUT2D eigenvalue weighted by Crippen LogP contribution is 2.34. The summed E-state index contributed by atoms with van der Waals surface area (Å²) in [5.41, 5.74) is -0.543. The number of nitrogens with zero attached hydrogens (tertiary/aromatic N) is 1. The quantitative estimate of drug-likeness (QED) is 0.866. The summed E-state index contributed by atoms with van der Waals surface area (Å²) in [6, 6.07) is 0.479. The van der Waals surface area contributed by atoms with Crippen LogP contribution >= 0.6 is 0 Å². The van der Waals surface area contributed by atoms with Crippen molar-refractivity contribution in [1.29, 1.82) is 0 Å². The lowest BCUT2D eigenvalue weighted by atomic mass is 10.0. The van der Waals surface area contributed by atoms with Gasteiger partial charge in [0.15, 0.2) is 0 Å². The van der Waals surface area contributed by atoms with Crippen LogP contribution in [0, 0.1) is 0 Å². The Bertz CT molecular complexity index is 394. The minimum absolute atomic E-state index is 0.0350. The van der Waals surface area contributed by atoms with E-state index < -0.39 is 17.8 Å². The summed E-state index contributed by atoms with van der Waals surface area (Å²) >= 11 is 0. The smallest absolute Gasteiger partial charge is 0.377 e. The van der Waals surface area contributed by atoms with E-state index in [0.29, 0.717) is 6.54 Å². The fraction of sp³-hybridized carbons (Fsp3) is 0.615. The van der Waals surface area contributed by atoms with E-state index in [1.54, 1.807) is 0 Å². The third-order valence-corrected chi connectivity index (χ3v) is 2.58. The molecule has 0 bridgehead atoms. The van der Waals surface area contributed by atoms with Gasteiger partial charge in [-0.3, -0.25) is 4.98 Å². The van der Waals surface area contributed by atoms with Crippen LogP contribution in [0.3, 0.4) is 0 Å². The molecule has 0 aliphatic carbocycles. The lowest BCUT2D eigenvalue weighted by Crippen LogP contribution is -2.29. The predicted molar refractivity (Wildman–Crippen MR) is 66.7 cm³/mol. The number of ether oxygens (including phenoxy) is 1. The highest BCUT2D eigenvalue weighted by molar-refractivity contribution is 5.29. The Hall–Kier alpha value is -1.14. The standard InChI is InChI=1S/C13H19F3N2O/c1-4-18-12(8-19-9(2)3)10-7-17-6-5-11(10)13(14,15)16/h5-7,9,12,18H,4,8H2,1-3H3. The number of aromatic nitrogens is 1. The number of alkyl halides is 3. The van der Waals surface area contributed by atoms with Gasteiger partial charge in [0.25, 0.3) is 0 Å². The number of pyridine rings is 1. The van der Waals surface area contributed by atoms with Gasteiger partial charge in [-0.2, -0.15) is 13.2 Å². The van der Waals surface area contributed by atoms with Crippen molar-refractivity contribution in [3.8, 4) is 0 Å². The van der Waals surface area contributed by atoms with Gasteiger partial charge < -0.3 is 10.1 Å². The number of hydrogen-bond acceptors (Lipinski definition) is 3. The molecule has 1 heterocycles. The Morgan fingerprint density at radius 3 is 2.58 bits per heavy atom. The van der Waals surface area contributed by atoms with Crippen LogP contribution in [0.5, 0.6) is 0 Å². The van der Waals surface area contributed by atoms with Crippen molar-refractivity contribution in [1.82, 2.24) is 10.3 Å². The Kier molecular flexibility index (Phi) is 5.75. The van der Waals surface area contributed by atoms with Gasteiger partial charge in [0.2, 0.25) is 0 Å². The molecule has 1 N–H and O–H groups in total. The molecule has 1 aromatic heterocycles. The molecule has 0 saturated heterocycles. The van der Waals surface area contributed by atoms with Crippen molar-refractivity contribution in [3.63, 3.8) is 0 Å². The molecule has 6 heteroatoms. The van der Waals surface area contributed by atoms with E-state index in [2.05, 4.69) is 10.3 Å². The van der Waals surface area contributed by atoms with Gasteiger partial charge >= 0.3 is 6.18 Å². The summed E-state index contributed by atoms with van der Waals surface area (Å²) in [4.78, 5) is 3.79. The molecule has 0 fully saturated rings. The van der Waals surface area contributed by atoms with Gasteiger partial charge in [-0.1, -0.05) is 6.92 Å². The third kappa shape index (κ3) is 4.80. The fourth-order valence-electron chi connectivity index (χ4n) is 1.74. The molecule has 19 heavy (non-hydrogen) atoms. The lowest BCUT2D eigenvalue weighted by Gasteiger charge is -2.22. The number of hydrogen-bond donors (Lipinski definition) is 1. The molecule has 0 radical (unpaired) electrons. The summed E-state index contributed by atoms with van der Waals surface area (Å²) in [7, 11) is 0. The molecular formula is C13H19F3N2O. The van der Waals surface area contributed by atoms with Gasteiger partial charge in [-0.25, -0.2) is 0 Å². The molecule has 1 atom stereocenters. The zero-order valence-corrected chi connectivity index (χ0v) is 11.3. The first-order valence-electron chi connectivity index (χ1n) is 6.22. The molecule has 0 saturated carbocycles. The van der Waals surface area contributed by atoms with Crippen LogP contribution in [0.25, 0.3) is 0 Å². The molecule has 0 aromatic carbocycles. The molecule has 0 aliphatic rings. The van der Waals surface area contributed by atoms with Crippen LogP contribution in [-0.2, 0) is 10.9 Å². The maximum absolute atomic E-state index is 13.0. The Balaban J connectivity index is 3.01.